The molecule has 164 valence electrons. The highest BCUT2D eigenvalue weighted by atomic mass is 32.2. The zero-order chi connectivity index (χ0) is 22.8. The molecule has 0 N–H and O–H groups in total. The summed E-state index contributed by atoms with van der Waals surface area (Å²) < 4.78 is 63.1. The number of carbonyl (C=O) groups is 1. The summed E-state index contributed by atoms with van der Waals surface area (Å²) in [5.74, 6) is -1.77. The van der Waals surface area contributed by atoms with Crippen molar-refractivity contribution in [3.63, 3.8) is 0 Å². The summed E-state index contributed by atoms with van der Waals surface area (Å²) in [4.78, 5) is 19.0. The molecule has 1 aliphatic heterocycles. The third-order valence-electron chi connectivity index (χ3n) is 5.25. The molecule has 10 heteroatoms. The van der Waals surface area contributed by atoms with Gasteiger partial charge >= 0.3 is 6.18 Å². The molecule has 0 saturated carbocycles. The van der Waals surface area contributed by atoms with Crippen molar-refractivity contribution in [1.82, 2.24) is 9.88 Å². The second kappa shape index (κ2) is 8.67. The Hall–Kier alpha value is -2.93. The lowest BCUT2D eigenvalue weighted by Crippen LogP contribution is -2.46. The zero-order valence-electron chi connectivity index (χ0n) is 16.7. The number of hydrogen-bond donors (Lipinski definition) is 0. The molecule has 0 aliphatic carbocycles. The highest BCUT2D eigenvalue weighted by Gasteiger charge is 2.34. The van der Waals surface area contributed by atoms with Crippen LogP contribution in [-0.2, 0) is 27.2 Å². The molecule has 6 nitrogen and oxygen atoms in total. The van der Waals surface area contributed by atoms with Gasteiger partial charge in [0.25, 0.3) is 0 Å². The Morgan fingerprint density at radius 2 is 1.90 bits per heavy atom. The Kier molecular flexibility index (Phi) is 6.36. The van der Waals surface area contributed by atoms with E-state index in [1.165, 1.54) is 17.0 Å². The Morgan fingerprint density at radius 1 is 1.23 bits per heavy atom. The number of carbonyl (C=O) groups excluding carboxylic acids is 1. The van der Waals surface area contributed by atoms with Gasteiger partial charge in [-0.2, -0.15) is 18.4 Å². The van der Waals surface area contributed by atoms with Crippen molar-refractivity contribution in [3.05, 3.63) is 64.5 Å². The second-order valence-electron chi connectivity index (χ2n) is 7.40. The number of hydrogen-bond acceptors (Lipinski definition) is 5. The largest absolute Gasteiger partial charge is 0.416 e. The topological polar surface area (TPSA) is 91.1 Å². The highest BCUT2D eigenvalue weighted by Crippen LogP contribution is 2.32. The van der Waals surface area contributed by atoms with Gasteiger partial charge in [-0.25, -0.2) is 8.42 Å². The number of aryl methyl sites for hydroxylation is 1. The lowest BCUT2D eigenvalue weighted by molar-refractivity contribution is -0.138. The van der Waals surface area contributed by atoms with E-state index in [-0.39, 0.29) is 36.6 Å². The van der Waals surface area contributed by atoms with E-state index < -0.39 is 33.4 Å². The predicted molar refractivity (Wildman–Crippen MR) is 107 cm³/mol. The van der Waals surface area contributed by atoms with Crippen LogP contribution in [0.5, 0.6) is 0 Å². The number of nitriles is 1. The smallest absolute Gasteiger partial charge is 0.340 e. The van der Waals surface area contributed by atoms with Gasteiger partial charge in [-0.15, -0.1) is 0 Å². The molecular formula is C21H20F3N3O3S. The van der Waals surface area contributed by atoms with E-state index in [0.29, 0.717) is 17.0 Å². The van der Waals surface area contributed by atoms with Gasteiger partial charge in [-0.1, -0.05) is 18.2 Å². The fourth-order valence-corrected chi connectivity index (χ4v) is 4.69. The second-order valence-corrected chi connectivity index (χ2v) is 9.71. The van der Waals surface area contributed by atoms with Gasteiger partial charge < -0.3 is 4.90 Å². The van der Waals surface area contributed by atoms with E-state index in [1.807, 2.05) is 6.07 Å². The number of pyridine rings is 1. The first-order chi connectivity index (χ1) is 14.5. The summed E-state index contributed by atoms with van der Waals surface area (Å²) in [5, 5.41) is 9.07. The van der Waals surface area contributed by atoms with Crippen LogP contribution in [0.15, 0.2) is 36.4 Å². The first kappa shape index (κ1) is 22.7. The normalized spacial score (nSPS) is 17.1. The van der Waals surface area contributed by atoms with Gasteiger partial charge in [0, 0.05) is 25.2 Å². The van der Waals surface area contributed by atoms with Gasteiger partial charge in [-0.05, 0) is 30.7 Å². The van der Waals surface area contributed by atoms with Gasteiger partial charge in [0.2, 0.25) is 5.91 Å². The van der Waals surface area contributed by atoms with Gasteiger partial charge in [0.15, 0.2) is 9.84 Å². The molecule has 1 aromatic carbocycles. The van der Waals surface area contributed by atoms with Crippen molar-refractivity contribution in [2.24, 2.45) is 0 Å². The summed E-state index contributed by atoms with van der Waals surface area (Å²) in [5.41, 5.74) is 0.591. The van der Waals surface area contributed by atoms with Crippen molar-refractivity contribution < 1.29 is 26.4 Å². The van der Waals surface area contributed by atoms with E-state index >= 15 is 0 Å². The van der Waals surface area contributed by atoms with Crippen molar-refractivity contribution in [2.45, 2.75) is 25.4 Å². The maximum absolute atomic E-state index is 13.3. The summed E-state index contributed by atoms with van der Waals surface area (Å²) in [7, 11) is -3.22. The van der Waals surface area contributed by atoms with Crippen LogP contribution in [0.2, 0.25) is 0 Å². The minimum absolute atomic E-state index is 0.00352. The van der Waals surface area contributed by atoms with E-state index in [9.17, 15) is 26.4 Å². The lowest BCUT2D eigenvalue weighted by atomic mass is 9.91. The summed E-state index contributed by atoms with van der Waals surface area (Å²) in [6.45, 7) is 1.63. The lowest BCUT2D eigenvalue weighted by Gasteiger charge is -2.30. The van der Waals surface area contributed by atoms with Crippen LogP contribution in [0.4, 0.5) is 13.2 Å². The first-order valence-corrected chi connectivity index (χ1v) is 11.4. The average molecular weight is 451 g/mol. The van der Waals surface area contributed by atoms with Gasteiger partial charge in [0.05, 0.1) is 34.2 Å². The standard InChI is InChI=1S/C21H20F3N3O3S/c1-14-16(13-25)5-6-18(26-14)12-19(15-3-2-4-17(11-15)21(22,23)24)20(28)27-7-9-31(29,30)10-8-27/h2-6,11,19H,7-10,12H2,1H3. The Bertz CT molecular complexity index is 1130. The molecular weight excluding hydrogens is 431 g/mol. The van der Waals surface area contributed by atoms with Crippen LogP contribution in [-0.4, -0.2) is 48.8 Å². The Labute approximate surface area is 178 Å². The summed E-state index contributed by atoms with van der Waals surface area (Å²) in [6.07, 6.45) is -4.54. The number of nitrogens with zero attached hydrogens (tertiary/aromatic N) is 3. The molecule has 0 spiro atoms. The van der Waals surface area contributed by atoms with Crippen LogP contribution >= 0.6 is 0 Å². The number of halogens is 3. The molecule has 1 saturated heterocycles. The molecule has 1 fully saturated rings. The minimum atomic E-state index is -4.56. The number of rotatable bonds is 4. The van der Waals surface area contributed by atoms with Crippen LogP contribution < -0.4 is 0 Å². The van der Waals surface area contributed by atoms with Crippen LogP contribution in [0.1, 0.15) is 34.0 Å². The molecule has 0 radical (unpaired) electrons. The number of benzene rings is 1. The monoisotopic (exact) mass is 451 g/mol. The quantitative estimate of drug-likeness (QED) is 0.713. The van der Waals surface area contributed by atoms with E-state index in [0.717, 1.165) is 12.1 Å². The summed E-state index contributed by atoms with van der Waals surface area (Å²) >= 11 is 0. The van der Waals surface area contributed by atoms with Crippen molar-refractivity contribution in [1.29, 1.82) is 5.26 Å². The van der Waals surface area contributed by atoms with E-state index in [4.69, 9.17) is 5.26 Å². The van der Waals surface area contributed by atoms with E-state index in [2.05, 4.69) is 4.98 Å². The van der Waals surface area contributed by atoms with Crippen molar-refractivity contribution >= 4 is 15.7 Å². The minimum Gasteiger partial charge on any atom is -0.340 e. The molecule has 31 heavy (non-hydrogen) atoms. The number of amides is 1. The molecule has 1 unspecified atom stereocenters. The molecule has 2 heterocycles. The Morgan fingerprint density at radius 3 is 2.48 bits per heavy atom. The third-order valence-corrected chi connectivity index (χ3v) is 6.86. The summed E-state index contributed by atoms with van der Waals surface area (Å²) in [6, 6.07) is 9.70. The average Bonchev–Trinajstić information content (AvgIpc) is 2.71. The fraction of sp³-hybridized carbons (Fsp3) is 0.381. The molecule has 1 amide bonds. The van der Waals surface area contributed by atoms with Crippen molar-refractivity contribution in [3.8, 4) is 6.07 Å². The number of alkyl halides is 3. The fourth-order valence-electron chi connectivity index (χ4n) is 3.49. The predicted octanol–water partition coefficient (Wildman–Crippen LogP) is 2.86. The molecule has 3 rings (SSSR count). The van der Waals surface area contributed by atoms with Crippen LogP contribution in [0, 0.1) is 18.3 Å². The van der Waals surface area contributed by atoms with Crippen molar-refractivity contribution in [2.75, 3.05) is 24.6 Å². The Balaban J connectivity index is 1.97. The number of sulfone groups is 1. The highest BCUT2D eigenvalue weighted by molar-refractivity contribution is 7.91. The maximum Gasteiger partial charge on any atom is 0.416 e. The first-order valence-electron chi connectivity index (χ1n) is 9.53. The number of aromatic nitrogens is 1. The SMILES string of the molecule is Cc1nc(CC(C(=O)N2CCS(=O)(=O)CC2)c2cccc(C(F)(F)F)c2)ccc1C#N. The molecule has 0 bridgehead atoms. The van der Waals surface area contributed by atoms with Gasteiger partial charge in [-0.3, -0.25) is 9.78 Å². The molecule has 1 aromatic heterocycles. The maximum atomic E-state index is 13.3. The molecule has 2 aromatic rings. The van der Waals surface area contributed by atoms with Gasteiger partial charge in [0.1, 0.15) is 6.07 Å². The van der Waals surface area contributed by atoms with E-state index in [1.54, 1.807) is 19.1 Å². The molecule has 1 aliphatic rings. The third kappa shape index (κ3) is 5.41. The zero-order valence-corrected chi connectivity index (χ0v) is 17.5. The van der Waals surface area contributed by atoms with Crippen LogP contribution in [0.3, 0.4) is 0 Å². The molecule has 1 atom stereocenters. The van der Waals surface area contributed by atoms with Crippen LogP contribution in [0.25, 0.3) is 0 Å².